The maximum Gasteiger partial charge on any atom is 0.220 e. The van der Waals surface area contributed by atoms with Crippen molar-refractivity contribution in [2.75, 3.05) is 6.54 Å². The van der Waals surface area contributed by atoms with E-state index >= 15 is 0 Å². The highest BCUT2D eigenvalue weighted by Gasteiger charge is 2.27. The van der Waals surface area contributed by atoms with E-state index in [0.29, 0.717) is 32.3 Å². The Morgan fingerprint density at radius 3 is 2.64 bits per heavy atom. The molecule has 0 amide bonds. The number of hydrogen-bond acceptors (Lipinski definition) is 6. The van der Waals surface area contributed by atoms with Gasteiger partial charge in [-0.25, -0.2) is 0 Å². The molecule has 0 unspecified atom stereocenters. The second kappa shape index (κ2) is 11.6. The molecule has 0 aliphatic carbocycles. The zero-order valence-electron chi connectivity index (χ0n) is 19.3. The molecule has 0 saturated heterocycles. The molecule has 4 aromatic rings. The van der Waals surface area contributed by atoms with Crippen LogP contribution in [0.3, 0.4) is 0 Å². The van der Waals surface area contributed by atoms with E-state index in [1.165, 1.54) is 11.8 Å². The summed E-state index contributed by atoms with van der Waals surface area (Å²) in [6, 6.07) is 18.6. The molecular formula is C25H21BrCl2N4O3S. The van der Waals surface area contributed by atoms with Crippen molar-refractivity contribution >= 4 is 50.9 Å². The second-order valence-electron chi connectivity index (χ2n) is 8.03. The van der Waals surface area contributed by atoms with Gasteiger partial charge in [0, 0.05) is 36.3 Å². The van der Waals surface area contributed by atoms with Crippen molar-refractivity contribution in [2.24, 2.45) is 0 Å². The second-order valence-corrected chi connectivity index (χ2v) is 11.0. The van der Waals surface area contributed by atoms with Crippen LogP contribution in [-0.2, 0) is 6.61 Å². The quantitative estimate of drug-likeness (QED) is 0.110. The van der Waals surface area contributed by atoms with Crippen LogP contribution in [0, 0.1) is 24.0 Å². The first kappa shape index (κ1) is 26.5. The lowest BCUT2D eigenvalue weighted by atomic mass is 10.1. The largest absolute Gasteiger partial charge is 0.489 e. The summed E-state index contributed by atoms with van der Waals surface area (Å²) in [5, 5.41) is 21.2. The molecule has 186 valence electrons. The summed E-state index contributed by atoms with van der Waals surface area (Å²) in [4.78, 5) is 11.4. The highest BCUT2D eigenvalue weighted by atomic mass is 79.9. The van der Waals surface area contributed by atoms with Crippen molar-refractivity contribution in [1.29, 1.82) is 0 Å². The smallest absolute Gasteiger partial charge is 0.220 e. The van der Waals surface area contributed by atoms with Crippen molar-refractivity contribution in [2.45, 2.75) is 30.9 Å². The standard InChI is InChI=1S/C25H21BrCl2N4O3S/c1-15-4-3-5-20(10-15)32-16(2)29-30-25(32)36-24(13-31(33)34)21-11-18(26)7-9-23(21)35-14-17-6-8-19(27)12-22(17)28/h3-12,24H,13-14H2,1-2H3/t24-/m0/s1. The minimum Gasteiger partial charge on any atom is -0.489 e. The van der Waals surface area contributed by atoms with Crippen molar-refractivity contribution in [3.63, 3.8) is 0 Å². The highest BCUT2D eigenvalue weighted by molar-refractivity contribution is 9.10. The topological polar surface area (TPSA) is 83.1 Å². The van der Waals surface area contributed by atoms with Gasteiger partial charge in [-0.05, 0) is 61.9 Å². The fourth-order valence-corrected chi connectivity index (χ4v) is 5.68. The summed E-state index contributed by atoms with van der Waals surface area (Å²) in [7, 11) is 0. The molecule has 0 radical (unpaired) electrons. The number of hydrogen-bond donors (Lipinski definition) is 0. The van der Waals surface area contributed by atoms with Gasteiger partial charge in [0.05, 0.1) is 0 Å². The summed E-state index contributed by atoms with van der Waals surface area (Å²) in [5.41, 5.74) is 3.39. The summed E-state index contributed by atoms with van der Waals surface area (Å²) >= 11 is 17.1. The third-order valence-electron chi connectivity index (χ3n) is 5.33. The Morgan fingerprint density at radius 1 is 1.11 bits per heavy atom. The molecule has 0 aliphatic rings. The number of aromatic nitrogens is 3. The van der Waals surface area contributed by atoms with E-state index in [-0.39, 0.29) is 18.1 Å². The van der Waals surface area contributed by atoms with Crippen LogP contribution in [0.5, 0.6) is 5.75 Å². The molecule has 0 spiro atoms. The van der Waals surface area contributed by atoms with E-state index in [9.17, 15) is 10.1 Å². The summed E-state index contributed by atoms with van der Waals surface area (Å²) in [6.45, 7) is 3.70. The van der Waals surface area contributed by atoms with E-state index in [0.717, 1.165) is 21.3 Å². The van der Waals surface area contributed by atoms with E-state index in [1.54, 1.807) is 24.3 Å². The number of nitrogens with zero attached hydrogens (tertiary/aromatic N) is 4. The number of halogens is 3. The van der Waals surface area contributed by atoms with Crippen LogP contribution in [0.4, 0.5) is 0 Å². The van der Waals surface area contributed by atoms with Gasteiger partial charge in [-0.3, -0.25) is 14.7 Å². The predicted octanol–water partition coefficient (Wildman–Crippen LogP) is 7.64. The molecule has 1 aromatic heterocycles. The number of rotatable bonds is 9. The molecule has 0 aliphatic heterocycles. The van der Waals surface area contributed by atoms with Gasteiger partial charge in [0.1, 0.15) is 23.4 Å². The molecule has 4 rings (SSSR count). The van der Waals surface area contributed by atoms with E-state index in [2.05, 4.69) is 26.1 Å². The fraction of sp³-hybridized carbons (Fsp3) is 0.200. The Hall–Kier alpha value is -2.59. The van der Waals surface area contributed by atoms with Crippen LogP contribution in [0.15, 0.2) is 70.3 Å². The van der Waals surface area contributed by atoms with Crippen LogP contribution in [0.2, 0.25) is 10.0 Å². The molecule has 0 fully saturated rings. The normalized spacial score (nSPS) is 11.9. The van der Waals surface area contributed by atoms with Gasteiger partial charge < -0.3 is 4.74 Å². The SMILES string of the molecule is Cc1cccc(-n2c(C)nnc2S[C@@H](C[N+](=O)[O-])c2cc(Br)ccc2OCc2ccc(Cl)cc2Cl)c1. The van der Waals surface area contributed by atoms with Gasteiger partial charge in [-0.1, -0.05) is 69.1 Å². The number of nitro groups is 1. The van der Waals surface area contributed by atoms with E-state index < -0.39 is 5.25 Å². The van der Waals surface area contributed by atoms with Gasteiger partial charge in [0.25, 0.3) is 0 Å². The first-order chi connectivity index (χ1) is 17.2. The Kier molecular flexibility index (Phi) is 8.56. The molecule has 11 heteroatoms. The molecule has 3 aromatic carbocycles. The van der Waals surface area contributed by atoms with Crippen molar-refractivity contribution in [3.8, 4) is 11.4 Å². The van der Waals surface area contributed by atoms with Crippen LogP contribution >= 0.6 is 50.9 Å². The molecule has 0 saturated carbocycles. The third-order valence-corrected chi connectivity index (χ3v) is 7.58. The lowest BCUT2D eigenvalue weighted by Crippen LogP contribution is -2.13. The molecule has 0 bridgehead atoms. The van der Waals surface area contributed by atoms with E-state index in [4.69, 9.17) is 27.9 Å². The zero-order chi connectivity index (χ0) is 25.8. The first-order valence-corrected chi connectivity index (χ1v) is 13.3. The number of benzene rings is 3. The molecule has 1 atom stereocenters. The van der Waals surface area contributed by atoms with Crippen LogP contribution in [-0.4, -0.2) is 26.2 Å². The van der Waals surface area contributed by atoms with Crippen LogP contribution < -0.4 is 4.74 Å². The predicted molar refractivity (Wildman–Crippen MR) is 146 cm³/mol. The Balaban J connectivity index is 1.69. The minimum absolute atomic E-state index is 0.180. The van der Waals surface area contributed by atoms with Crippen molar-refractivity contribution in [1.82, 2.24) is 14.8 Å². The van der Waals surface area contributed by atoms with Crippen LogP contribution in [0.25, 0.3) is 5.69 Å². The Bertz CT molecular complexity index is 1420. The maximum atomic E-state index is 11.7. The fourth-order valence-electron chi connectivity index (χ4n) is 3.64. The van der Waals surface area contributed by atoms with E-state index in [1.807, 2.05) is 54.8 Å². The molecule has 0 N–H and O–H groups in total. The molecule has 7 nitrogen and oxygen atoms in total. The average Bonchev–Trinajstić information content (AvgIpc) is 3.18. The minimum atomic E-state index is -0.597. The van der Waals surface area contributed by atoms with Gasteiger partial charge in [-0.15, -0.1) is 10.2 Å². The molecule has 1 heterocycles. The molecular weight excluding hydrogens is 587 g/mol. The van der Waals surface area contributed by atoms with Gasteiger partial charge >= 0.3 is 0 Å². The lowest BCUT2D eigenvalue weighted by molar-refractivity contribution is -0.479. The summed E-state index contributed by atoms with van der Waals surface area (Å²) in [5.74, 6) is 1.20. The zero-order valence-corrected chi connectivity index (χ0v) is 23.2. The number of ether oxygens (including phenoxy) is 1. The monoisotopic (exact) mass is 606 g/mol. The first-order valence-electron chi connectivity index (χ1n) is 10.8. The third kappa shape index (κ3) is 6.39. The summed E-state index contributed by atoms with van der Waals surface area (Å²) < 4.78 is 8.78. The lowest BCUT2D eigenvalue weighted by Gasteiger charge is -2.19. The van der Waals surface area contributed by atoms with Crippen molar-refractivity contribution < 1.29 is 9.66 Å². The van der Waals surface area contributed by atoms with Crippen molar-refractivity contribution in [3.05, 3.63) is 108 Å². The molecule has 36 heavy (non-hydrogen) atoms. The Labute approximate surface area is 231 Å². The average molecular weight is 608 g/mol. The number of aryl methyl sites for hydroxylation is 2. The maximum absolute atomic E-state index is 11.7. The van der Waals surface area contributed by atoms with Gasteiger partial charge in [0.15, 0.2) is 5.16 Å². The highest BCUT2D eigenvalue weighted by Crippen LogP contribution is 2.41. The van der Waals surface area contributed by atoms with Crippen LogP contribution in [0.1, 0.15) is 27.8 Å². The summed E-state index contributed by atoms with van der Waals surface area (Å²) in [6.07, 6.45) is 0. The Morgan fingerprint density at radius 2 is 1.92 bits per heavy atom. The van der Waals surface area contributed by atoms with Gasteiger partial charge in [-0.2, -0.15) is 0 Å². The van der Waals surface area contributed by atoms with Gasteiger partial charge in [0.2, 0.25) is 6.54 Å². The number of thioether (sulfide) groups is 1.